The van der Waals surface area contributed by atoms with E-state index in [2.05, 4.69) is 9.72 Å². The normalized spacial score (nSPS) is 12.7. The summed E-state index contributed by atoms with van der Waals surface area (Å²) in [5, 5.41) is 25.4. The second kappa shape index (κ2) is 10.3. The highest BCUT2D eigenvalue weighted by atomic mass is 31.2. The van der Waals surface area contributed by atoms with Gasteiger partial charge in [-0.15, -0.1) is 0 Å². The third kappa shape index (κ3) is 5.01. The summed E-state index contributed by atoms with van der Waals surface area (Å²) in [6.07, 6.45) is 3.89. The maximum absolute atomic E-state index is 12.1. The van der Waals surface area contributed by atoms with Crippen LogP contribution in [0.1, 0.15) is 38.2 Å². The van der Waals surface area contributed by atoms with Crippen molar-refractivity contribution in [3.8, 4) is 0 Å². The maximum atomic E-state index is 12.1. The van der Waals surface area contributed by atoms with Crippen LogP contribution in [0.4, 0.5) is 5.69 Å². The van der Waals surface area contributed by atoms with Gasteiger partial charge in [0.1, 0.15) is 0 Å². The Balaban J connectivity index is 1.84. The van der Waals surface area contributed by atoms with Gasteiger partial charge in [0.05, 0.1) is 16.8 Å². The van der Waals surface area contributed by atoms with Crippen molar-refractivity contribution in [1.29, 1.82) is 0 Å². The van der Waals surface area contributed by atoms with E-state index in [-0.39, 0.29) is 5.69 Å². The summed E-state index contributed by atoms with van der Waals surface area (Å²) in [4.78, 5) is 10.9. The Labute approximate surface area is 186 Å². The number of hydrogen-bond acceptors (Lipinski definition) is 7. The zero-order valence-electron chi connectivity index (χ0n) is 18.5. The van der Waals surface area contributed by atoms with Gasteiger partial charge in [0.15, 0.2) is 0 Å². The number of unbranched alkanes of at least 4 members (excludes halogenated alkanes) is 3. The first-order valence-corrected chi connectivity index (χ1v) is 12.2. The number of nitro benzene ring substituents is 1. The van der Waals surface area contributed by atoms with Crippen LogP contribution in [-0.4, -0.2) is 40.8 Å². The highest BCUT2D eigenvalue weighted by Crippen LogP contribution is 2.47. The van der Waals surface area contributed by atoms with Crippen LogP contribution >= 0.6 is 7.60 Å². The number of oxime groups is 1. The van der Waals surface area contributed by atoms with E-state index in [0.29, 0.717) is 11.9 Å². The van der Waals surface area contributed by atoms with E-state index in [1.165, 1.54) is 20.3 Å². The van der Waals surface area contributed by atoms with Crippen LogP contribution in [-0.2, 0) is 20.2 Å². The molecule has 0 radical (unpaired) electrons. The molecule has 0 saturated heterocycles. The molecule has 0 atom stereocenters. The van der Waals surface area contributed by atoms with Gasteiger partial charge in [0.25, 0.3) is 5.69 Å². The van der Waals surface area contributed by atoms with Crippen molar-refractivity contribution in [2.45, 2.75) is 39.2 Å². The second-order valence-corrected chi connectivity index (χ2v) is 10.0. The van der Waals surface area contributed by atoms with E-state index < -0.39 is 12.5 Å². The van der Waals surface area contributed by atoms with Crippen LogP contribution in [0.3, 0.4) is 0 Å². The Morgan fingerprint density at radius 1 is 1.06 bits per heavy atom. The van der Waals surface area contributed by atoms with Gasteiger partial charge in [0, 0.05) is 54.7 Å². The second-order valence-electron chi connectivity index (χ2n) is 7.64. The molecular weight excluding hydrogens is 433 g/mol. The van der Waals surface area contributed by atoms with Gasteiger partial charge in [-0.05, 0) is 43.5 Å². The van der Waals surface area contributed by atoms with Gasteiger partial charge in [-0.25, -0.2) is 0 Å². The van der Waals surface area contributed by atoms with Crippen molar-refractivity contribution < 1.29 is 23.7 Å². The van der Waals surface area contributed by atoms with Crippen LogP contribution in [0.2, 0.25) is 0 Å². The van der Waals surface area contributed by atoms with Crippen molar-refractivity contribution in [2.75, 3.05) is 20.4 Å². The minimum atomic E-state index is -2.96. The van der Waals surface area contributed by atoms with Gasteiger partial charge in [-0.3, -0.25) is 14.7 Å². The number of non-ortho nitro benzene ring substituents is 1. The summed E-state index contributed by atoms with van der Waals surface area (Å²) < 4.78 is 24.2. The van der Waals surface area contributed by atoms with Crippen molar-refractivity contribution in [3.05, 3.63) is 52.1 Å². The highest BCUT2D eigenvalue weighted by Gasteiger charge is 2.20. The van der Waals surface area contributed by atoms with E-state index in [0.717, 1.165) is 59.6 Å². The standard InChI is InChI=1S/C22H28N3O6P/c1-16(23-26)17-8-10-21-19(14-17)20-15-18(25(27)28)9-11-22(20)24(21)12-6-4-5-7-13-32(29,30-2)31-3/h8-11,14-15,26H,4-7,12-13H2,1-3H3/b23-16+. The molecule has 9 nitrogen and oxygen atoms in total. The number of nitrogens with zero attached hydrogens (tertiary/aromatic N) is 3. The number of aryl methyl sites for hydroxylation is 1. The molecule has 0 amide bonds. The molecule has 0 bridgehead atoms. The fraction of sp³-hybridized carbons (Fsp3) is 0.409. The fourth-order valence-corrected chi connectivity index (χ4v) is 5.04. The quantitative estimate of drug-likeness (QED) is 0.0942. The summed E-state index contributed by atoms with van der Waals surface area (Å²) in [5.74, 6) is 0. The zero-order valence-corrected chi connectivity index (χ0v) is 19.4. The topological polar surface area (TPSA) is 116 Å². The fourth-order valence-electron chi connectivity index (χ4n) is 3.92. The van der Waals surface area contributed by atoms with Crippen LogP contribution in [0.15, 0.2) is 41.6 Å². The minimum absolute atomic E-state index is 0.0372. The van der Waals surface area contributed by atoms with Gasteiger partial charge < -0.3 is 18.8 Å². The SMILES string of the molecule is COP(=O)(CCCCCCn1c2ccc(/C(C)=N/O)cc2c2cc([N+](=O)[O-])ccc21)OC. The molecule has 0 unspecified atom stereocenters. The number of hydrogen-bond donors (Lipinski definition) is 1. The van der Waals surface area contributed by atoms with E-state index in [4.69, 9.17) is 14.3 Å². The van der Waals surface area contributed by atoms with E-state index in [1.807, 2.05) is 18.2 Å². The number of nitro groups is 1. The molecule has 1 N–H and O–H groups in total. The molecule has 0 saturated carbocycles. The molecule has 0 aliphatic heterocycles. The number of fused-ring (bicyclic) bond motifs is 3. The summed E-state index contributed by atoms with van der Waals surface area (Å²) in [5.41, 5.74) is 3.16. The molecule has 0 fully saturated rings. The first-order chi connectivity index (χ1) is 15.3. The predicted molar refractivity (Wildman–Crippen MR) is 125 cm³/mol. The number of aromatic nitrogens is 1. The molecule has 2 aromatic carbocycles. The third-order valence-corrected chi connectivity index (χ3v) is 7.72. The first kappa shape index (κ1) is 23.9. The van der Waals surface area contributed by atoms with Crippen LogP contribution < -0.4 is 0 Å². The highest BCUT2D eigenvalue weighted by molar-refractivity contribution is 7.53. The maximum Gasteiger partial charge on any atom is 0.330 e. The molecule has 0 spiro atoms. The molecule has 0 aliphatic rings. The third-order valence-electron chi connectivity index (χ3n) is 5.75. The monoisotopic (exact) mass is 461 g/mol. The Kier molecular flexibility index (Phi) is 7.66. The molecule has 3 rings (SSSR count). The lowest BCUT2D eigenvalue weighted by Crippen LogP contribution is -1.99. The zero-order chi connectivity index (χ0) is 23.3. The van der Waals surface area contributed by atoms with Crippen LogP contribution in [0.5, 0.6) is 0 Å². The summed E-state index contributed by atoms with van der Waals surface area (Å²) in [7, 11) is -0.161. The van der Waals surface area contributed by atoms with Crippen LogP contribution in [0, 0.1) is 10.1 Å². The molecule has 172 valence electrons. The Bertz CT molecular complexity index is 1200. The molecule has 1 aromatic heterocycles. The largest absolute Gasteiger partial charge is 0.411 e. The van der Waals surface area contributed by atoms with Crippen molar-refractivity contribution in [1.82, 2.24) is 4.57 Å². The van der Waals surface area contributed by atoms with E-state index >= 15 is 0 Å². The van der Waals surface area contributed by atoms with E-state index in [1.54, 1.807) is 19.1 Å². The van der Waals surface area contributed by atoms with Gasteiger partial charge in [0.2, 0.25) is 0 Å². The van der Waals surface area contributed by atoms with Crippen molar-refractivity contribution in [2.24, 2.45) is 5.16 Å². The summed E-state index contributed by atoms with van der Waals surface area (Å²) in [6.45, 7) is 2.45. The minimum Gasteiger partial charge on any atom is -0.411 e. The van der Waals surface area contributed by atoms with Gasteiger partial charge in [-0.2, -0.15) is 0 Å². The van der Waals surface area contributed by atoms with Crippen LogP contribution in [0.25, 0.3) is 21.8 Å². The van der Waals surface area contributed by atoms with Crippen molar-refractivity contribution >= 4 is 40.8 Å². The Morgan fingerprint density at radius 2 is 1.69 bits per heavy atom. The summed E-state index contributed by atoms with van der Waals surface area (Å²) >= 11 is 0. The lowest BCUT2D eigenvalue weighted by Gasteiger charge is -2.13. The molecule has 1 heterocycles. The Morgan fingerprint density at radius 3 is 2.31 bits per heavy atom. The number of benzene rings is 2. The molecule has 10 heteroatoms. The average Bonchev–Trinajstić information content (AvgIpc) is 3.12. The van der Waals surface area contributed by atoms with Gasteiger partial charge in [-0.1, -0.05) is 24.1 Å². The summed E-state index contributed by atoms with van der Waals surface area (Å²) in [6, 6.07) is 10.6. The predicted octanol–water partition coefficient (Wildman–Crippen LogP) is 5.95. The molecular formula is C22H28N3O6P. The van der Waals surface area contributed by atoms with E-state index in [9.17, 15) is 14.7 Å². The Hall–Kier alpha value is -2.74. The molecule has 32 heavy (non-hydrogen) atoms. The number of rotatable bonds is 11. The molecule has 3 aromatic rings. The smallest absolute Gasteiger partial charge is 0.330 e. The van der Waals surface area contributed by atoms with Crippen molar-refractivity contribution in [3.63, 3.8) is 0 Å². The lowest BCUT2D eigenvalue weighted by molar-refractivity contribution is -0.384. The lowest BCUT2D eigenvalue weighted by atomic mass is 10.1. The van der Waals surface area contributed by atoms with Gasteiger partial charge >= 0.3 is 7.60 Å². The first-order valence-electron chi connectivity index (χ1n) is 10.4. The average molecular weight is 461 g/mol. The molecule has 0 aliphatic carbocycles.